The molecule has 4 rings (SSSR count). The second-order valence-corrected chi connectivity index (χ2v) is 6.15. The Hall–Kier alpha value is -3.40. The number of aromatic nitrogens is 3. The van der Waals surface area contributed by atoms with Crippen LogP contribution in [0.4, 0.5) is 11.4 Å². The van der Waals surface area contributed by atoms with Crippen molar-refractivity contribution in [2.24, 2.45) is 0 Å². The number of pyridine rings is 1. The average molecular weight is 340 g/mol. The van der Waals surface area contributed by atoms with Gasteiger partial charge in [0.2, 0.25) is 0 Å². The van der Waals surface area contributed by atoms with Gasteiger partial charge in [-0.3, -0.25) is 9.67 Å². The molecule has 0 atom stereocenters. The normalized spacial score (nSPS) is 10.6. The van der Waals surface area contributed by atoms with Crippen LogP contribution in [0.25, 0.3) is 11.3 Å². The Morgan fingerprint density at radius 3 is 2.58 bits per heavy atom. The Kier molecular flexibility index (Phi) is 4.74. The van der Waals surface area contributed by atoms with Crippen molar-refractivity contribution in [1.29, 1.82) is 0 Å². The molecule has 0 unspecified atom stereocenters. The quantitative estimate of drug-likeness (QED) is 0.541. The van der Waals surface area contributed by atoms with E-state index in [2.05, 4.69) is 58.8 Å². The lowest BCUT2D eigenvalue weighted by Crippen LogP contribution is -2.02. The number of rotatable bonds is 6. The monoisotopic (exact) mass is 340 g/mol. The van der Waals surface area contributed by atoms with E-state index in [9.17, 15) is 0 Å². The number of hydrogen-bond acceptors (Lipinski definition) is 3. The molecule has 0 spiro atoms. The summed E-state index contributed by atoms with van der Waals surface area (Å²) in [6.45, 7) is 0.841. The van der Waals surface area contributed by atoms with E-state index in [1.54, 1.807) is 6.20 Å². The lowest BCUT2D eigenvalue weighted by atomic mass is 10.1. The minimum atomic E-state index is 0.841. The van der Waals surface area contributed by atoms with Crippen LogP contribution < -0.4 is 5.32 Å². The highest BCUT2D eigenvalue weighted by molar-refractivity contribution is 5.68. The number of para-hydroxylation sites is 1. The number of anilines is 2. The predicted molar refractivity (Wildman–Crippen MR) is 105 cm³/mol. The third-order valence-corrected chi connectivity index (χ3v) is 4.21. The number of nitrogens with zero attached hydrogens (tertiary/aromatic N) is 3. The SMILES string of the molecule is c1ccc(Nc2cccc(-c3ccn(CCc4cccnc4)n3)c2)cc1. The molecule has 0 aliphatic carbocycles. The number of nitrogens with one attached hydrogen (secondary N) is 1. The Balaban J connectivity index is 1.46. The van der Waals surface area contributed by atoms with Crippen molar-refractivity contribution in [3.8, 4) is 11.3 Å². The zero-order chi connectivity index (χ0) is 17.6. The van der Waals surface area contributed by atoms with E-state index in [-0.39, 0.29) is 0 Å². The molecule has 0 radical (unpaired) electrons. The standard InChI is InChI=1S/C22H20N4/c1-2-8-20(9-3-1)24-21-10-4-7-19(16-21)22-12-15-26(25-22)14-11-18-6-5-13-23-17-18/h1-10,12-13,15-17,24H,11,14H2. The molecule has 4 heteroatoms. The van der Waals surface area contributed by atoms with Crippen LogP contribution in [0.3, 0.4) is 0 Å². The Morgan fingerprint density at radius 1 is 0.846 bits per heavy atom. The van der Waals surface area contributed by atoms with E-state index in [0.29, 0.717) is 0 Å². The summed E-state index contributed by atoms with van der Waals surface area (Å²) in [5.74, 6) is 0. The van der Waals surface area contributed by atoms with E-state index >= 15 is 0 Å². The Labute approximate surface area is 153 Å². The van der Waals surface area contributed by atoms with Gasteiger partial charge in [0.15, 0.2) is 0 Å². The molecule has 4 nitrogen and oxygen atoms in total. The first kappa shape index (κ1) is 16.1. The highest BCUT2D eigenvalue weighted by Crippen LogP contribution is 2.23. The molecule has 4 aromatic rings. The molecule has 0 aliphatic rings. The summed E-state index contributed by atoms with van der Waals surface area (Å²) in [5.41, 5.74) is 5.43. The second kappa shape index (κ2) is 7.66. The zero-order valence-electron chi connectivity index (χ0n) is 14.4. The van der Waals surface area contributed by atoms with Crippen LogP contribution in [0.1, 0.15) is 5.56 Å². The Bertz CT molecular complexity index is 962. The molecule has 128 valence electrons. The van der Waals surface area contributed by atoms with Crippen LogP contribution in [-0.4, -0.2) is 14.8 Å². The van der Waals surface area contributed by atoms with Crippen LogP contribution in [0.5, 0.6) is 0 Å². The van der Waals surface area contributed by atoms with Gasteiger partial charge in [0.1, 0.15) is 0 Å². The molecule has 0 bridgehead atoms. The van der Waals surface area contributed by atoms with Crippen LogP contribution >= 0.6 is 0 Å². The lowest BCUT2D eigenvalue weighted by Gasteiger charge is -2.07. The van der Waals surface area contributed by atoms with Crippen molar-refractivity contribution in [1.82, 2.24) is 14.8 Å². The first-order chi connectivity index (χ1) is 12.9. The first-order valence-electron chi connectivity index (χ1n) is 8.72. The van der Waals surface area contributed by atoms with E-state index in [1.165, 1.54) is 5.56 Å². The summed E-state index contributed by atoms with van der Waals surface area (Å²) < 4.78 is 1.99. The fraction of sp³-hybridized carbons (Fsp3) is 0.0909. The number of hydrogen-bond donors (Lipinski definition) is 1. The van der Waals surface area contributed by atoms with Gasteiger partial charge in [-0.1, -0.05) is 36.4 Å². The second-order valence-electron chi connectivity index (χ2n) is 6.15. The summed E-state index contributed by atoms with van der Waals surface area (Å²) in [7, 11) is 0. The minimum absolute atomic E-state index is 0.841. The number of aryl methyl sites for hydroxylation is 2. The highest BCUT2D eigenvalue weighted by Gasteiger charge is 2.04. The molecule has 26 heavy (non-hydrogen) atoms. The molecular formula is C22H20N4. The zero-order valence-corrected chi connectivity index (χ0v) is 14.4. The van der Waals surface area contributed by atoms with Crippen molar-refractivity contribution in [3.05, 3.63) is 97.0 Å². The van der Waals surface area contributed by atoms with Gasteiger partial charge in [-0.15, -0.1) is 0 Å². The Morgan fingerprint density at radius 2 is 1.73 bits per heavy atom. The molecule has 2 aromatic heterocycles. The van der Waals surface area contributed by atoms with Gasteiger partial charge >= 0.3 is 0 Å². The fourth-order valence-electron chi connectivity index (χ4n) is 2.87. The van der Waals surface area contributed by atoms with Crippen molar-refractivity contribution < 1.29 is 0 Å². The van der Waals surface area contributed by atoms with Gasteiger partial charge in [0, 0.05) is 42.1 Å². The summed E-state index contributed by atoms with van der Waals surface area (Å²) in [5, 5.41) is 8.14. The molecule has 0 aliphatic heterocycles. The first-order valence-corrected chi connectivity index (χ1v) is 8.72. The van der Waals surface area contributed by atoms with E-state index < -0.39 is 0 Å². The summed E-state index contributed by atoms with van der Waals surface area (Å²) in [6, 6.07) is 24.6. The predicted octanol–water partition coefficient (Wildman–Crippen LogP) is 4.93. The molecule has 1 N–H and O–H groups in total. The van der Waals surface area contributed by atoms with Gasteiger partial charge in [-0.05, 0) is 48.4 Å². The lowest BCUT2D eigenvalue weighted by molar-refractivity contribution is 0.616. The van der Waals surface area contributed by atoms with E-state index in [4.69, 9.17) is 5.10 Å². The third-order valence-electron chi connectivity index (χ3n) is 4.21. The topological polar surface area (TPSA) is 42.7 Å². The maximum atomic E-state index is 4.71. The van der Waals surface area contributed by atoms with Gasteiger partial charge in [0.25, 0.3) is 0 Å². The molecule has 2 aromatic carbocycles. The smallest absolute Gasteiger partial charge is 0.0923 e. The van der Waals surface area contributed by atoms with Crippen molar-refractivity contribution in [2.45, 2.75) is 13.0 Å². The van der Waals surface area contributed by atoms with Crippen LogP contribution in [0.15, 0.2) is 91.4 Å². The summed E-state index contributed by atoms with van der Waals surface area (Å²) in [4.78, 5) is 4.16. The van der Waals surface area contributed by atoms with Crippen LogP contribution in [-0.2, 0) is 13.0 Å². The van der Waals surface area contributed by atoms with Crippen molar-refractivity contribution in [3.63, 3.8) is 0 Å². The molecular weight excluding hydrogens is 320 g/mol. The van der Waals surface area contributed by atoms with Gasteiger partial charge in [-0.25, -0.2) is 0 Å². The molecule has 0 saturated carbocycles. The summed E-state index contributed by atoms with van der Waals surface area (Å²) in [6.07, 6.45) is 6.66. The third kappa shape index (κ3) is 3.98. The highest BCUT2D eigenvalue weighted by atomic mass is 15.3. The van der Waals surface area contributed by atoms with Crippen LogP contribution in [0.2, 0.25) is 0 Å². The largest absolute Gasteiger partial charge is 0.356 e. The maximum absolute atomic E-state index is 4.71. The molecule has 0 amide bonds. The minimum Gasteiger partial charge on any atom is -0.356 e. The van der Waals surface area contributed by atoms with Gasteiger partial charge in [-0.2, -0.15) is 5.10 Å². The maximum Gasteiger partial charge on any atom is 0.0923 e. The van der Waals surface area contributed by atoms with Gasteiger partial charge in [0.05, 0.1) is 5.69 Å². The molecule has 0 fully saturated rings. The summed E-state index contributed by atoms with van der Waals surface area (Å²) >= 11 is 0. The van der Waals surface area contributed by atoms with Crippen molar-refractivity contribution >= 4 is 11.4 Å². The van der Waals surface area contributed by atoms with E-state index in [0.717, 1.165) is 35.6 Å². The van der Waals surface area contributed by atoms with E-state index in [1.807, 2.05) is 41.3 Å². The average Bonchev–Trinajstić information content (AvgIpc) is 3.17. The fourth-order valence-corrected chi connectivity index (χ4v) is 2.87. The number of benzene rings is 2. The van der Waals surface area contributed by atoms with Gasteiger partial charge < -0.3 is 5.32 Å². The molecule has 2 heterocycles. The molecule has 0 saturated heterocycles. The van der Waals surface area contributed by atoms with Crippen molar-refractivity contribution in [2.75, 3.05) is 5.32 Å². The van der Waals surface area contributed by atoms with Crippen LogP contribution in [0, 0.1) is 0 Å².